The van der Waals surface area contributed by atoms with Crippen LogP contribution in [0.15, 0.2) is 48.5 Å². The number of para-hydroxylation sites is 1. The molecule has 2 aromatic rings. The quantitative estimate of drug-likeness (QED) is 0.335. The SMILES string of the molecule is O=P(O)(O)C(CCCc1cccc(Oc2ccccc2F)c1)S(=O)(=O)[O-].[K+]. The topological polar surface area (TPSA) is 124 Å². The molecule has 2 N–H and O–H groups in total. The number of aryl methyl sites for hydroxylation is 1. The Hall–Kier alpha value is -0.134. The van der Waals surface area contributed by atoms with E-state index in [4.69, 9.17) is 14.5 Å². The van der Waals surface area contributed by atoms with Gasteiger partial charge in [0.1, 0.15) is 15.9 Å². The van der Waals surface area contributed by atoms with Gasteiger partial charge >= 0.3 is 59.0 Å². The smallest absolute Gasteiger partial charge is 0.747 e. The summed E-state index contributed by atoms with van der Waals surface area (Å²) in [5, 5.41) is 0. The van der Waals surface area contributed by atoms with Crippen molar-refractivity contribution in [2.75, 3.05) is 0 Å². The third kappa shape index (κ3) is 8.02. The average molecular weight is 442 g/mol. The van der Waals surface area contributed by atoms with E-state index in [0.29, 0.717) is 11.3 Å². The monoisotopic (exact) mass is 442 g/mol. The van der Waals surface area contributed by atoms with Crippen LogP contribution in [0.2, 0.25) is 0 Å². The third-order valence-corrected chi connectivity index (χ3v) is 7.10. The van der Waals surface area contributed by atoms with Crippen molar-refractivity contribution in [3.05, 3.63) is 59.9 Å². The third-order valence-electron chi connectivity index (χ3n) is 3.59. The van der Waals surface area contributed by atoms with Gasteiger partial charge in [0.15, 0.2) is 16.6 Å². The van der Waals surface area contributed by atoms with Gasteiger partial charge in [0.05, 0.1) is 0 Å². The number of ether oxygens (including phenoxy) is 1. The Morgan fingerprint density at radius 1 is 1.15 bits per heavy atom. The van der Waals surface area contributed by atoms with Gasteiger partial charge in [-0.25, -0.2) is 12.8 Å². The first-order valence-corrected chi connectivity index (χ1v) is 10.7. The van der Waals surface area contributed by atoms with Crippen molar-refractivity contribution in [1.82, 2.24) is 0 Å². The first-order chi connectivity index (χ1) is 12.1. The number of benzene rings is 2. The van der Waals surface area contributed by atoms with Gasteiger partial charge in [0, 0.05) is 0 Å². The number of hydrogen-bond donors (Lipinski definition) is 2. The van der Waals surface area contributed by atoms with Gasteiger partial charge in [0.25, 0.3) is 0 Å². The van der Waals surface area contributed by atoms with Crippen LogP contribution < -0.4 is 56.1 Å². The Balaban J connectivity index is 0.00000364. The van der Waals surface area contributed by atoms with Crippen LogP contribution >= 0.6 is 7.60 Å². The summed E-state index contributed by atoms with van der Waals surface area (Å²) in [5.74, 6) is -0.123. The molecule has 142 valence electrons. The second-order valence-electron chi connectivity index (χ2n) is 5.61. The summed E-state index contributed by atoms with van der Waals surface area (Å²) >= 11 is 0. The van der Waals surface area contributed by atoms with E-state index in [2.05, 4.69) is 0 Å². The normalized spacial score (nSPS) is 12.9. The predicted molar refractivity (Wildman–Crippen MR) is 91.4 cm³/mol. The summed E-state index contributed by atoms with van der Waals surface area (Å²) in [6.07, 6.45) is -0.130. The molecule has 0 saturated carbocycles. The maximum absolute atomic E-state index is 13.6. The van der Waals surface area contributed by atoms with Crippen molar-refractivity contribution in [2.45, 2.75) is 24.3 Å². The van der Waals surface area contributed by atoms with Crippen LogP contribution in [0, 0.1) is 5.82 Å². The molecule has 0 aliphatic rings. The molecule has 0 spiro atoms. The van der Waals surface area contributed by atoms with Gasteiger partial charge < -0.3 is 19.1 Å². The Kier molecular flexibility index (Phi) is 9.77. The van der Waals surface area contributed by atoms with E-state index in [0.717, 1.165) is 0 Å². The van der Waals surface area contributed by atoms with E-state index in [1.807, 2.05) is 0 Å². The number of hydrogen-bond acceptors (Lipinski definition) is 5. The molecule has 1 unspecified atom stereocenters. The van der Waals surface area contributed by atoms with Crippen molar-refractivity contribution in [2.24, 2.45) is 0 Å². The molecule has 7 nitrogen and oxygen atoms in total. The molecule has 0 bridgehead atoms. The van der Waals surface area contributed by atoms with E-state index in [1.54, 1.807) is 30.3 Å². The fourth-order valence-electron chi connectivity index (χ4n) is 2.38. The molecule has 11 heteroatoms. The van der Waals surface area contributed by atoms with E-state index < -0.39 is 34.9 Å². The maximum atomic E-state index is 13.6. The van der Waals surface area contributed by atoms with Crippen LogP contribution in [0.3, 0.4) is 0 Å². The molecular formula is C16H17FKO7PS. The van der Waals surface area contributed by atoms with Crippen LogP contribution in [0.1, 0.15) is 18.4 Å². The van der Waals surface area contributed by atoms with E-state index in [-0.39, 0.29) is 70.0 Å². The van der Waals surface area contributed by atoms with Crippen LogP contribution in [0.5, 0.6) is 11.5 Å². The maximum Gasteiger partial charge on any atom is 1.00 e. The van der Waals surface area contributed by atoms with Crippen molar-refractivity contribution in [3.63, 3.8) is 0 Å². The molecule has 27 heavy (non-hydrogen) atoms. The molecular weight excluding hydrogens is 425 g/mol. The molecule has 0 aliphatic heterocycles. The number of rotatable bonds is 8. The fraction of sp³-hybridized carbons (Fsp3) is 0.250. The standard InChI is InChI=1S/C16H18FO7PS.K/c17-14-8-1-2-9-15(14)24-13-7-3-5-12(11-13)6-4-10-16(25(18,19)20)26(21,22)23;/h1-3,5,7-9,11,16H,4,6,10H2,(H2,18,19,20)(H,21,22,23);/q;+1/p-1. The zero-order valence-electron chi connectivity index (χ0n) is 14.5. The zero-order valence-corrected chi connectivity index (χ0v) is 19.3. The van der Waals surface area contributed by atoms with Crippen molar-refractivity contribution >= 4 is 17.7 Å². The van der Waals surface area contributed by atoms with Crippen molar-refractivity contribution in [3.8, 4) is 11.5 Å². The van der Waals surface area contributed by atoms with E-state index >= 15 is 0 Å². The molecule has 0 radical (unpaired) electrons. The second-order valence-corrected chi connectivity index (χ2v) is 9.31. The second kappa shape index (κ2) is 10.6. The predicted octanol–water partition coefficient (Wildman–Crippen LogP) is -0.00630. The van der Waals surface area contributed by atoms with Crippen LogP contribution in [-0.2, 0) is 21.1 Å². The molecule has 0 aromatic heterocycles. The molecule has 0 aliphatic carbocycles. The minimum Gasteiger partial charge on any atom is -0.747 e. The summed E-state index contributed by atoms with van der Waals surface area (Å²) in [6.45, 7) is 0. The van der Waals surface area contributed by atoms with Crippen LogP contribution in [0.4, 0.5) is 4.39 Å². The first kappa shape index (κ1) is 24.9. The summed E-state index contributed by atoms with van der Waals surface area (Å²) in [5.41, 5.74) is 0.687. The average Bonchev–Trinajstić information content (AvgIpc) is 2.52. The minimum atomic E-state index is -5.11. The molecule has 0 fully saturated rings. The first-order valence-electron chi connectivity index (χ1n) is 7.58. The van der Waals surface area contributed by atoms with Gasteiger partial charge in [-0.05, 0) is 49.1 Å². The Bertz CT molecular complexity index is 916. The van der Waals surface area contributed by atoms with Crippen LogP contribution in [0.25, 0.3) is 0 Å². The largest absolute Gasteiger partial charge is 1.00 e. The summed E-state index contributed by atoms with van der Waals surface area (Å²) in [4.78, 5) is 15.8. The Morgan fingerprint density at radius 3 is 2.41 bits per heavy atom. The molecule has 0 heterocycles. The summed E-state index contributed by atoms with van der Waals surface area (Å²) in [7, 11) is -10.2. The van der Waals surface area contributed by atoms with E-state index in [1.165, 1.54) is 18.2 Å². The minimum absolute atomic E-state index is 0. The molecule has 2 aromatic carbocycles. The van der Waals surface area contributed by atoms with Gasteiger partial charge in [-0.3, -0.25) is 4.57 Å². The molecule has 0 saturated heterocycles. The Morgan fingerprint density at radius 2 is 1.81 bits per heavy atom. The molecule has 2 rings (SSSR count). The van der Waals surface area contributed by atoms with Gasteiger partial charge in [0.2, 0.25) is 0 Å². The van der Waals surface area contributed by atoms with E-state index in [9.17, 15) is 21.9 Å². The summed E-state index contributed by atoms with van der Waals surface area (Å²) in [6, 6.07) is 12.4. The summed E-state index contributed by atoms with van der Waals surface area (Å²) < 4.78 is 63.2. The number of halogens is 1. The molecule has 1 atom stereocenters. The van der Waals surface area contributed by atoms with Crippen LogP contribution in [-0.4, -0.2) is 27.7 Å². The van der Waals surface area contributed by atoms with Gasteiger partial charge in [-0.1, -0.05) is 24.3 Å². The zero-order chi connectivity index (χ0) is 19.4. The van der Waals surface area contributed by atoms with Gasteiger partial charge in [-0.15, -0.1) is 0 Å². The molecule has 0 amide bonds. The van der Waals surface area contributed by atoms with Crippen molar-refractivity contribution < 1.29 is 87.8 Å². The fourth-order valence-corrected chi connectivity index (χ4v) is 4.70. The Labute approximate surface area is 199 Å². The van der Waals surface area contributed by atoms with Gasteiger partial charge in [-0.2, -0.15) is 0 Å². The van der Waals surface area contributed by atoms with Crippen molar-refractivity contribution in [1.29, 1.82) is 0 Å².